The molecule has 2 aliphatic heterocycles. The van der Waals surface area contributed by atoms with E-state index in [0.29, 0.717) is 6.04 Å². The summed E-state index contributed by atoms with van der Waals surface area (Å²) >= 11 is 0. The summed E-state index contributed by atoms with van der Waals surface area (Å²) in [5, 5.41) is 0. The van der Waals surface area contributed by atoms with Gasteiger partial charge in [-0.25, -0.2) is 4.39 Å². The van der Waals surface area contributed by atoms with Crippen molar-refractivity contribution in [2.45, 2.75) is 37.5 Å². The number of benzene rings is 1. The van der Waals surface area contributed by atoms with Crippen molar-refractivity contribution >= 4 is 5.91 Å². The predicted octanol–water partition coefficient (Wildman–Crippen LogP) is 2.83. The minimum atomic E-state index is -0.295. The zero-order chi connectivity index (χ0) is 19.5. The third-order valence-corrected chi connectivity index (χ3v) is 5.96. The van der Waals surface area contributed by atoms with E-state index in [0.717, 1.165) is 38.0 Å². The van der Waals surface area contributed by atoms with Crippen LogP contribution in [0.15, 0.2) is 48.8 Å². The van der Waals surface area contributed by atoms with Crippen LogP contribution in [0.5, 0.6) is 0 Å². The van der Waals surface area contributed by atoms with E-state index in [1.807, 2.05) is 17.2 Å². The SMILES string of the molecule is COC1CN(C2CCN(C(=O)Cc3cccc(F)c3)CC2)C1c1cccnc1. The number of hydrogen-bond acceptors (Lipinski definition) is 4. The second-order valence-electron chi connectivity index (χ2n) is 7.62. The first kappa shape index (κ1) is 19.0. The maximum absolute atomic E-state index is 13.3. The van der Waals surface area contributed by atoms with Crippen molar-refractivity contribution < 1.29 is 13.9 Å². The van der Waals surface area contributed by atoms with E-state index in [4.69, 9.17) is 4.74 Å². The van der Waals surface area contributed by atoms with Crippen LogP contribution in [0.1, 0.15) is 30.0 Å². The number of carbonyl (C=O) groups is 1. The average Bonchev–Trinajstić information content (AvgIpc) is 2.69. The molecule has 1 amide bonds. The van der Waals surface area contributed by atoms with Gasteiger partial charge >= 0.3 is 0 Å². The molecule has 1 aromatic heterocycles. The fraction of sp³-hybridized carbons (Fsp3) is 0.455. The van der Waals surface area contributed by atoms with E-state index in [9.17, 15) is 9.18 Å². The summed E-state index contributed by atoms with van der Waals surface area (Å²) in [6, 6.07) is 11.0. The molecule has 0 spiro atoms. The molecule has 0 aliphatic carbocycles. The number of rotatable bonds is 5. The van der Waals surface area contributed by atoms with Gasteiger partial charge in [-0.1, -0.05) is 18.2 Å². The van der Waals surface area contributed by atoms with E-state index < -0.39 is 0 Å². The van der Waals surface area contributed by atoms with Crippen molar-refractivity contribution in [3.8, 4) is 0 Å². The highest BCUT2D eigenvalue weighted by Crippen LogP contribution is 2.39. The number of carbonyl (C=O) groups excluding carboxylic acids is 1. The van der Waals surface area contributed by atoms with Crippen LogP contribution in [0.25, 0.3) is 0 Å². The molecule has 2 fully saturated rings. The highest BCUT2D eigenvalue weighted by Gasteiger charge is 2.44. The molecule has 148 valence electrons. The number of hydrogen-bond donors (Lipinski definition) is 0. The lowest BCUT2D eigenvalue weighted by atomic mass is 9.87. The Balaban J connectivity index is 1.34. The fourth-order valence-electron chi connectivity index (χ4n) is 4.41. The van der Waals surface area contributed by atoms with Crippen LogP contribution in [0.3, 0.4) is 0 Å². The highest BCUT2D eigenvalue weighted by molar-refractivity contribution is 5.78. The summed E-state index contributed by atoms with van der Waals surface area (Å²) in [5.41, 5.74) is 1.92. The van der Waals surface area contributed by atoms with Crippen molar-refractivity contribution in [2.75, 3.05) is 26.7 Å². The van der Waals surface area contributed by atoms with Crippen LogP contribution in [-0.2, 0) is 16.0 Å². The number of likely N-dealkylation sites (tertiary alicyclic amines) is 2. The van der Waals surface area contributed by atoms with Crippen LogP contribution < -0.4 is 0 Å². The number of nitrogens with zero attached hydrogens (tertiary/aromatic N) is 3. The molecule has 2 saturated heterocycles. The van der Waals surface area contributed by atoms with Crippen molar-refractivity contribution in [2.24, 2.45) is 0 Å². The number of halogens is 1. The molecule has 5 nitrogen and oxygen atoms in total. The van der Waals surface area contributed by atoms with Crippen molar-refractivity contribution in [1.29, 1.82) is 0 Å². The summed E-state index contributed by atoms with van der Waals surface area (Å²) in [6.45, 7) is 2.40. The van der Waals surface area contributed by atoms with Gasteiger partial charge in [-0.05, 0) is 42.2 Å². The summed E-state index contributed by atoms with van der Waals surface area (Å²) in [4.78, 5) is 21.2. The van der Waals surface area contributed by atoms with Gasteiger partial charge in [0.15, 0.2) is 0 Å². The van der Waals surface area contributed by atoms with Gasteiger partial charge in [-0.2, -0.15) is 0 Å². The lowest BCUT2D eigenvalue weighted by Crippen LogP contribution is -2.60. The van der Waals surface area contributed by atoms with Crippen LogP contribution in [-0.4, -0.2) is 59.6 Å². The molecule has 3 heterocycles. The summed E-state index contributed by atoms with van der Waals surface area (Å²) in [5.74, 6) is -0.220. The van der Waals surface area contributed by atoms with Gasteiger partial charge in [-0.3, -0.25) is 14.7 Å². The molecule has 6 heteroatoms. The van der Waals surface area contributed by atoms with Crippen LogP contribution in [0.2, 0.25) is 0 Å². The number of methoxy groups -OCH3 is 1. The standard InChI is InChI=1S/C22H26FN3O2/c1-28-20-15-26(22(20)17-5-3-9-24-14-17)19-7-10-25(11-8-19)21(27)13-16-4-2-6-18(23)12-16/h2-6,9,12,14,19-20,22H,7-8,10-11,13,15H2,1H3. The van der Waals surface area contributed by atoms with E-state index in [-0.39, 0.29) is 30.3 Å². The Kier molecular flexibility index (Phi) is 5.69. The number of ether oxygens (including phenoxy) is 1. The fourth-order valence-corrected chi connectivity index (χ4v) is 4.41. The van der Waals surface area contributed by atoms with Gasteiger partial charge in [0, 0.05) is 45.2 Å². The van der Waals surface area contributed by atoms with E-state index in [1.165, 1.54) is 17.7 Å². The number of aromatic nitrogens is 1. The molecule has 4 rings (SSSR count). The summed E-state index contributed by atoms with van der Waals surface area (Å²) in [7, 11) is 1.76. The van der Waals surface area contributed by atoms with Crippen LogP contribution in [0.4, 0.5) is 4.39 Å². The van der Waals surface area contributed by atoms with Crippen LogP contribution in [0, 0.1) is 5.82 Å². The van der Waals surface area contributed by atoms with Crippen molar-refractivity contribution in [3.05, 3.63) is 65.7 Å². The third kappa shape index (κ3) is 3.93. The monoisotopic (exact) mass is 383 g/mol. The number of amides is 1. The van der Waals surface area contributed by atoms with E-state index >= 15 is 0 Å². The molecule has 28 heavy (non-hydrogen) atoms. The molecular formula is C22H26FN3O2. The molecule has 0 N–H and O–H groups in total. The number of piperidine rings is 1. The first-order valence-electron chi connectivity index (χ1n) is 9.86. The average molecular weight is 383 g/mol. The van der Waals surface area contributed by atoms with Crippen molar-refractivity contribution in [1.82, 2.24) is 14.8 Å². The smallest absolute Gasteiger partial charge is 0.226 e. The quantitative estimate of drug-likeness (QED) is 0.797. The Morgan fingerprint density at radius 3 is 2.75 bits per heavy atom. The zero-order valence-corrected chi connectivity index (χ0v) is 16.1. The first-order chi connectivity index (χ1) is 13.7. The number of pyridine rings is 1. The zero-order valence-electron chi connectivity index (χ0n) is 16.1. The Morgan fingerprint density at radius 1 is 1.25 bits per heavy atom. The molecule has 1 aromatic carbocycles. The van der Waals surface area contributed by atoms with Gasteiger partial charge < -0.3 is 9.64 Å². The largest absolute Gasteiger partial charge is 0.378 e. The predicted molar refractivity (Wildman–Crippen MR) is 104 cm³/mol. The Bertz CT molecular complexity index is 808. The topological polar surface area (TPSA) is 45.7 Å². The molecule has 0 radical (unpaired) electrons. The van der Waals surface area contributed by atoms with Gasteiger partial charge in [-0.15, -0.1) is 0 Å². The molecule has 2 aliphatic rings. The van der Waals surface area contributed by atoms with Gasteiger partial charge in [0.25, 0.3) is 0 Å². The minimum Gasteiger partial charge on any atom is -0.378 e. The van der Waals surface area contributed by atoms with E-state index in [1.54, 1.807) is 25.4 Å². The van der Waals surface area contributed by atoms with Crippen LogP contribution >= 0.6 is 0 Å². The summed E-state index contributed by atoms with van der Waals surface area (Å²) < 4.78 is 19.0. The third-order valence-electron chi connectivity index (χ3n) is 5.96. The molecule has 2 atom stereocenters. The van der Waals surface area contributed by atoms with Crippen molar-refractivity contribution in [3.63, 3.8) is 0 Å². The van der Waals surface area contributed by atoms with Gasteiger partial charge in [0.05, 0.1) is 18.6 Å². The van der Waals surface area contributed by atoms with E-state index in [2.05, 4.69) is 16.0 Å². The lowest BCUT2D eigenvalue weighted by Gasteiger charge is -2.53. The molecular weight excluding hydrogens is 357 g/mol. The second-order valence-corrected chi connectivity index (χ2v) is 7.62. The molecule has 0 bridgehead atoms. The minimum absolute atomic E-state index is 0.0752. The maximum atomic E-state index is 13.3. The molecule has 2 aromatic rings. The summed E-state index contributed by atoms with van der Waals surface area (Å²) in [6.07, 6.45) is 6.05. The van der Waals surface area contributed by atoms with Gasteiger partial charge in [0.1, 0.15) is 5.82 Å². The normalized spacial score (nSPS) is 23.4. The molecule has 0 saturated carbocycles. The first-order valence-corrected chi connectivity index (χ1v) is 9.86. The molecule has 2 unspecified atom stereocenters. The van der Waals surface area contributed by atoms with Gasteiger partial charge in [0.2, 0.25) is 5.91 Å². The Labute approximate surface area is 165 Å². The highest BCUT2D eigenvalue weighted by atomic mass is 19.1. The maximum Gasteiger partial charge on any atom is 0.226 e. The Morgan fingerprint density at radius 2 is 2.07 bits per heavy atom. The second kappa shape index (κ2) is 8.37. The Hall–Kier alpha value is -2.31. The lowest BCUT2D eigenvalue weighted by molar-refractivity contribution is -0.137.